The molecule has 0 amide bonds. The maximum Gasteiger partial charge on any atom is 0.150 e. The molecule has 0 radical (unpaired) electrons. The molecule has 98 valence electrons. The van der Waals surface area contributed by atoms with Crippen molar-refractivity contribution < 1.29 is 9.53 Å². The molecule has 0 aliphatic heterocycles. The minimum atomic E-state index is 0.354. The van der Waals surface area contributed by atoms with E-state index in [0.29, 0.717) is 6.10 Å². The molecule has 0 bridgehead atoms. The Balaban J connectivity index is 2.15. The van der Waals surface area contributed by atoms with Gasteiger partial charge in [0.25, 0.3) is 0 Å². The lowest BCUT2D eigenvalue weighted by molar-refractivity contribution is 0.112. The molecule has 0 atom stereocenters. The van der Waals surface area contributed by atoms with E-state index in [0.717, 1.165) is 41.6 Å². The number of carbonyl (C=O) groups is 1. The van der Waals surface area contributed by atoms with Crippen molar-refractivity contribution in [2.75, 3.05) is 0 Å². The predicted molar refractivity (Wildman–Crippen MR) is 73.4 cm³/mol. The van der Waals surface area contributed by atoms with Crippen molar-refractivity contribution in [1.82, 2.24) is 0 Å². The van der Waals surface area contributed by atoms with Gasteiger partial charge < -0.3 is 4.74 Å². The second kappa shape index (κ2) is 6.03. The van der Waals surface area contributed by atoms with Crippen LogP contribution < -0.4 is 4.74 Å². The summed E-state index contributed by atoms with van der Waals surface area (Å²) in [6.45, 7) is 4.04. The molecule has 18 heavy (non-hydrogen) atoms. The van der Waals surface area contributed by atoms with Crippen LogP contribution in [0.1, 0.15) is 60.0 Å². The number of hydrogen-bond acceptors (Lipinski definition) is 2. The molecular formula is C16H22O2. The van der Waals surface area contributed by atoms with E-state index >= 15 is 0 Å². The number of ether oxygens (including phenoxy) is 1. The highest BCUT2D eigenvalue weighted by Crippen LogP contribution is 2.29. The van der Waals surface area contributed by atoms with Crippen molar-refractivity contribution in [2.45, 2.75) is 58.5 Å². The van der Waals surface area contributed by atoms with Gasteiger partial charge in [0.1, 0.15) is 12.0 Å². The van der Waals surface area contributed by atoms with Gasteiger partial charge in [-0.15, -0.1) is 0 Å². The molecule has 0 spiro atoms. The summed E-state index contributed by atoms with van der Waals surface area (Å²) in [5, 5.41) is 0. The van der Waals surface area contributed by atoms with Gasteiger partial charge in [0, 0.05) is 5.56 Å². The summed E-state index contributed by atoms with van der Waals surface area (Å²) < 4.78 is 6.18. The quantitative estimate of drug-likeness (QED) is 0.589. The molecular weight excluding hydrogens is 224 g/mol. The lowest BCUT2D eigenvalue weighted by Crippen LogP contribution is -2.16. The molecule has 0 N–H and O–H groups in total. The Morgan fingerprint density at radius 3 is 2.11 bits per heavy atom. The number of aldehydes is 1. The average molecular weight is 246 g/mol. The van der Waals surface area contributed by atoms with Gasteiger partial charge >= 0.3 is 0 Å². The maximum absolute atomic E-state index is 10.8. The third-order valence-electron chi connectivity index (χ3n) is 3.71. The van der Waals surface area contributed by atoms with Crippen LogP contribution in [0.5, 0.6) is 5.75 Å². The number of hydrogen-bond donors (Lipinski definition) is 0. The standard InChI is InChI=1S/C16H22O2/c1-12-9-14(11-17)10-13(2)16(12)18-15-7-5-3-4-6-8-15/h9-11,15H,3-8H2,1-2H3. The lowest BCUT2D eigenvalue weighted by atomic mass is 10.1. The number of benzene rings is 1. The van der Waals surface area contributed by atoms with Gasteiger partial charge in [-0.1, -0.05) is 12.8 Å². The van der Waals surface area contributed by atoms with Crippen molar-refractivity contribution >= 4 is 6.29 Å². The van der Waals surface area contributed by atoms with Crippen LogP contribution in [0, 0.1) is 13.8 Å². The van der Waals surface area contributed by atoms with E-state index in [9.17, 15) is 4.79 Å². The van der Waals surface area contributed by atoms with Crippen molar-refractivity contribution in [2.24, 2.45) is 0 Å². The molecule has 1 aromatic carbocycles. The van der Waals surface area contributed by atoms with E-state index < -0.39 is 0 Å². The predicted octanol–water partition coefficient (Wildman–Crippen LogP) is 4.22. The Hall–Kier alpha value is -1.31. The van der Waals surface area contributed by atoms with Crippen LogP contribution in [0.2, 0.25) is 0 Å². The van der Waals surface area contributed by atoms with Crippen molar-refractivity contribution in [3.05, 3.63) is 28.8 Å². The van der Waals surface area contributed by atoms with E-state index in [-0.39, 0.29) is 0 Å². The topological polar surface area (TPSA) is 26.3 Å². The van der Waals surface area contributed by atoms with Crippen molar-refractivity contribution in [3.8, 4) is 5.75 Å². The van der Waals surface area contributed by atoms with E-state index in [2.05, 4.69) is 0 Å². The summed E-state index contributed by atoms with van der Waals surface area (Å²) in [7, 11) is 0. The van der Waals surface area contributed by atoms with Gasteiger partial charge in [-0.05, 0) is 62.8 Å². The maximum atomic E-state index is 10.8. The zero-order valence-electron chi connectivity index (χ0n) is 11.4. The Labute approximate surface area is 109 Å². The SMILES string of the molecule is Cc1cc(C=O)cc(C)c1OC1CCCCCC1. The highest BCUT2D eigenvalue weighted by molar-refractivity contribution is 5.76. The third-order valence-corrected chi connectivity index (χ3v) is 3.71. The normalized spacial score (nSPS) is 17.2. The van der Waals surface area contributed by atoms with Crippen LogP contribution in [-0.2, 0) is 0 Å². The van der Waals surface area contributed by atoms with Gasteiger partial charge in [0.05, 0.1) is 6.10 Å². The first kappa shape index (κ1) is 13.1. The Bertz CT molecular complexity index is 392. The highest BCUT2D eigenvalue weighted by atomic mass is 16.5. The molecule has 2 rings (SSSR count). The van der Waals surface area contributed by atoms with Crippen LogP contribution in [0.25, 0.3) is 0 Å². The summed E-state index contributed by atoms with van der Waals surface area (Å²) in [6, 6.07) is 3.82. The zero-order valence-corrected chi connectivity index (χ0v) is 11.4. The Morgan fingerprint density at radius 2 is 1.61 bits per heavy atom. The molecule has 1 aliphatic rings. The van der Waals surface area contributed by atoms with Gasteiger partial charge in [-0.25, -0.2) is 0 Å². The first-order valence-electron chi connectivity index (χ1n) is 6.94. The lowest BCUT2D eigenvalue weighted by Gasteiger charge is -2.20. The van der Waals surface area contributed by atoms with Crippen LogP contribution in [0.3, 0.4) is 0 Å². The Kier molecular flexibility index (Phi) is 4.40. The van der Waals surface area contributed by atoms with Gasteiger partial charge in [0.15, 0.2) is 0 Å². The fraction of sp³-hybridized carbons (Fsp3) is 0.562. The number of carbonyl (C=O) groups excluding carboxylic acids is 1. The molecule has 0 heterocycles. The van der Waals surface area contributed by atoms with E-state index in [1.165, 1.54) is 25.7 Å². The third kappa shape index (κ3) is 3.12. The van der Waals surface area contributed by atoms with Crippen LogP contribution in [0.4, 0.5) is 0 Å². The Morgan fingerprint density at radius 1 is 1.06 bits per heavy atom. The second-order valence-corrected chi connectivity index (χ2v) is 5.33. The summed E-state index contributed by atoms with van der Waals surface area (Å²) >= 11 is 0. The molecule has 1 aliphatic carbocycles. The molecule has 0 aromatic heterocycles. The van der Waals surface area contributed by atoms with Crippen molar-refractivity contribution in [1.29, 1.82) is 0 Å². The van der Waals surface area contributed by atoms with Gasteiger partial charge in [0.2, 0.25) is 0 Å². The molecule has 1 fully saturated rings. The minimum Gasteiger partial charge on any atom is -0.490 e. The fourth-order valence-electron chi connectivity index (χ4n) is 2.76. The monoisotopic (exact) mass is 246 g/mol. The summed E-state index contributed by atoms with van der Waals surface area (Å²) in [6.07, 6.45) is 8.79. The molecule has 2 nitrogen and oxygen atoms in total. The summed E-state index contributed by atoms with van der Waals surface area (Å²) in [5.74, 6) is 0.979. The zero-order chi connectivity index (χ0) is 13.0. The van der Waals surface area contributed by atoms with Gasteiger partial charge in [-0.2, -0.15) is 0 Å². The summed E-state index contributed by atoms with van der Waals surface area (Å²) in [4.78, 5) is 10.8. The summed E-state index contributed by atoms with van der Waals surface area (Å²) in [5.41, 5.74) is 2.88. The second-order valence-electron chi connectivity index (χ2n) is 5.33. The van der Waals surface area contributed by atoms with Crippen molar-refractivity contribution in [3.63, 3.8) is 0 Å². The largest absolute Gasteiger partial charge is 0.490 e. The molecule has 0 unspecified atom stereocenters. The average Bonchev–Trinajstić information content (AvgIpc) is 2.62. The molecule has 2 heteroatoms. The highest BCUT2D eigenvalue weighted by Gasteiger charge is 2.16. The van der Waals surface area contributed by atoms with Crippen LogP contribution in [0.15, 0.2) is 12.1 Å². The number of aryl methyl sites for hydroxylation is 2. The van der Waals surface area contributed by atoms with E-state index in [1.54, 1.807) is 0 Å². The molecule has 1 saturated carbocycles. The van der Waals surface area contributed by atoms with E-state index in [1.807, 2.05) is 26.0 Å². The first-order chi connectivity index (χ1) is 8.70. The van der Waals surface area contributed by atoms with Gasteiger partial charge in [-0.3, -0.25) is 4.79 Å². The fourth-order valence-corrected chi connectivity index (χ4v) is 2.76. The molecule has 0 saturated heterocycles. The van der Waals surface area contributed by atoms with Crippen LogP contribution in [-0.4, -0.2) is 12.4 Å². The van der Waals surface area contributed by atoms with Crippen LogP contribution >= 0.6 is 0 Å². The molecule has 1 aromatic rings. The van der Waals surface area contributed by atoms with E-state index in [4.69, 9.17) is 4.74 Å². The minimum absolute atomic E-state index is 0.354. The first-order valence-corrected chi connectivity index (χ1v) is 6.94. The smallest absolute Gasteiger partial charge is 0.150 e. The number of rotatable bonds is 3.